The lowest BCUT2D eigenvalue weighted by Crippen LogP contribution is -2.29. The molecule has 1 heterocycles. The van der Waals surface area contributed by atoms with Crippen LogP contribution in [0.5, 0.6) is 5.88 Å². The lowest BCUT2D eigenvalue weighted by molar-refractivity contribution is 0.0910. The van der Waals surface area contributed by atoms with Gasteiger partial charge in [-0.15, -0.1) is 0 Å². The topological polar surface area (TPSA) is 71.5 Å². The summed E-state index contributed by atoms with van der Waals surface area (Å²) in [4.78, 5) is 15.9. The molecular formula is C15H15FN2O3. The molecule has 2 rings (SSSR count). The minimum Gasteiger partial charge on any atom is -0.480 e. The molecule has 1 amide bonds. The minimum absolute atomic E-state index is 0.113. The van der Waals surface area contributed by atoms with Gasteiger partial charge in [0.2, 0.25) is 5.88 Å². The number of aliphatic hydroxyl groups excluding tert-OH is 1. The Morgan fingerprint density at radius 3 is 2.86 bits per heavy atom. The largest absolute Gasteiger partial charge is 0.480 e. The molecule has 0 spiro atoms. The van der Waals surface area contributed by atoms with E-state index in [1.165, 1.54) is 31.5 Å². The molecule has 1 atom stereocenters. The maximum absolute atomic E-state index is 13.5. The van der Waals surface area contributed by atoms with E-state index in [2.05, 4.69) is 10.3 Å². The Bertz CT molecular complexity index is 634. The second kappa shape index (κ2) is 6.81. The lowest BCUT2D eigenvalue weighted by atomic mass is 10.1. The molecule has 5 nitrogen and oxygen atoms in total. The highest BCUT2D eigenvalue weighted by atomic mass is 19.1. The van der Waals surface area contributed by atoms with Gasteiger partial charge in [-0.2, -0.15) is 0 Å². The van der Waals surface area contributed by atoms with Crippen LogP contribution in [-0.2, 0) is 0 Å². The van der Waals surface area contributed by atoms with Crippen LogP contribution in [0, 0.1) is 5.82 Å². The first kappa shape index (κ1) is 14.9. The summed E-state index contributed by atoms with van der Waals surface area (Å²) < 4.78 is 18.5. The van der Waals surface area contributed by atoms with E-state index in [0.29, 0.717) is 0 Å². The number of aliphatic hydroxyl groups is 1. The molecule has 0 aliphatic rings. The van der Waals surface area contributed by atoms with Crippen molar-refractivity contribution in [3.63, 3.8) is 0 Å². The van der Waals surface area contributed by atoms with Gasteiger partial charge < -0.3 is 15.2 Å². The van der Waals surface area contributed by atoms with Gasteiger partial charge in [-0.1, -0.05) is 18.2 Å². The summed E-state index contributed by atoms with van der Waals surface area (Å²) in [5.41, 5.74) is 0.386. The number of pyridine rings is 1. The van der Waals surface area contributed by atoms with Crippen molar-refractivity contribution in [1.29, 1.82) is 0 Å². The van der Waals surface area contributed by atoms with E-state index in [0.717, 1.165) is 0 Å². The molecule has 1 aromatic carbocycles. The van der Waals surface area contributed by atoms with Crippen molar-refractivity contribution in [1.82, 2.24) is 10.3 Å². The third-order valence-corrected chi connectivity index (χ3v) is 2.93. The van der Waals surface area contributed by atoms with Crippen molar-refractivity contribution in [2.75, 3.05) is 13.7 Å². The normalized spacial score (nSPS) is 11.8. The molecule has 0 saturated carbocycles. The number of benzene rings is 1. The highest BCUT2D eigenvalue weighted by molar-refractivity contribution is 5.96. The van der Waals surface area contributed by atoms with Gasteiger partial charge in [-0.05, 0) is 18.2 Å². The summed E-state index contributed by atoms with van der Waals surface area (Å²) in [7, 11) is 1.41. The second-order valence-corrected chi connectivity index (χ2v) is 4.31. The first-order valence-electron chi connectivity index (χ1n) is 6.33. The lowest BCUT2D eigenvalue weighted by Gasteiger charge is -2.13. The predicted octanol–water partition coefficient (Wildman–Crippen LogP) is 1.69. The molecule has 21 heavy (non-hydrogen) atoms. The number of carbonyl (C=O) groups excluding carboxylic acids is 1. The number of aromatic nitrogens is 1. The van der Waals surface area contributed by atoms with Crippen LogP contribution in [0.2, 0.25) is 0 Å². The first-order valence-corrected chi connectivity index (χ1v) is 6.33. The number of nitrogens with one attached hydrogen (secondary N) is 1. The summed E-state index contributed by atoms with van der Waals surface area (Å²) in [5.74, 6) is -0.774. The second-order valence-electron chi connectivity index (χ2n) is 4.31. The smallest absolute Gasteiger partial charge is 0.256 e. The summed E-state index contributed by atoms with van der Waals surface area (Å²) in [5, 5.41) is 12.4. The maximum atomic E-state index is 13.5. The van der Waals surface area contributed by atoms with Crippen LogP contribution >= 0.6 is 0 Å². The SMILES string of the molecule is COc1ncccc1C(=O)NCC(O)c1ccccc1F. The zero-order valence-corrected chi connectivity index (χ0v) is 11.4. The van der Waals surface area contributed by atoms with Crippen molar-refractivity contribution in [3.05, 3.63) is 59.5 Å². The molecule has 0 fully saturated rings. The van der Waals surface area contributed by atoms with Crippen LogP contribution in [0.25, 0.3) is 0 Å². The molecule has 0 aliphatic heterocycles. The van der Waals surface area contributed by atoms with Gasteiger partial charge in [0, 0.05) is 18.3 Å². The maximum Gasteiger partial charge on any atom is 0.256 e. The van der Waals surface area contributed by atoms with Gasteiger partial charge in [-0.3, -0.25) is 4.79 Å². The molecular weight excluding hydrogens is 275 g/mol. The fourth-order valence-electron chi connectivity index (χ4n) is 1.87. The monoisotopic (exact) mass is 290 g/mol. The Morgan fingerprint density at radius 1 is 1.38 bits per heavy atom. The minimum atomic E-state index is -1.13. The number of rotatable bonds is 5. The van der Waals surface area contributed by atoms with Crippen molar-refractivity contribution >= 4 is 5.91 Å². The van der Waals surface area contributed by atoms with Crippen molar-refractivity contribution < 1.29 is 19.0 Å². The zero-order valence-electron chi connectivity index (χ0n) is 11.4. The van der Waals surface area contributed by atoms with Gasteiger partial charge in [-0.25, -0.2) is 9.37 Å². The predicted molar refractivity (Wildman–Crippen MR) is 74.5 cm³/mol. The molecule has 0 radical (unpaired) electrons. The number of carbonyl (C=O) groups is 1. The van der Waals surface area contributed by atoms with E-state index in [1.54, 1.807) is 18.2 Å². The molecule has 6 heteroatoms. The van der Waals surface area contributed by atoms with Crippen molar-refractivity contribution in [3.8, 4) is 5.88 Å². The number of hydrogen-bond donors (Lipinski definition) is 2. The fraction of sp³-hybridized carbons (Fsp3) is 0.200. The van der Waals surface area contributed by atoms with Crippen LogP contribution in [0.4, 0.5) is 4.39 Å². The molecule has 0 saturated heterocycles. The molecule has 1 aromatic heterocycles. The van der Waals surface area contributed by atoms with E-state index in [-0.39, 0.29) is 23.6 Å². The van der Waals surface area contributed by atoms with E-state index in [4.69, 9.17) is 4.74 Å². The highest BCUT2D eigenvalue weighted by Gasteiger charge is 2.16. The number of amides is 1. The standard InChI is InChI=1S/C15H15FN2O3/c1-21-15-11(6-4-8-17-15)14(20)18-9-13(19)10-5-2-3-7-12(10)16/h2-8,13,19H,9H2,1H3,(H,18,20). The van der Waals surface area contributed by atoms with Gasteiger partial charge in [0.25, 0.3) is 5.91 Å². The quantitative estimate of drug-likeness (QED) is 0.879. The molecule has 2 aromatic rings. The molecule has 2 N–H and O–H groups in total. The molecule has 0 bridgehead atoms. The number of nitrogens with zero attached hydrogens (tertiary/aromatic N) is 1. The number of methoxy groups -OCH3 is 1. The van der Waals surface area contributed by atoms with Gasteiger partial charge >= 0.3 is 0 Å². The summed E-state index contributed by atoms with van der Waals surface area (Å²) in [6.07, 6.45) is 0.377. The van der Waals surface area contributed by atoms with Crippen LogP contribution in [0.1, 0.15) is 22.0 Å². The van der Waals surface area contributed by atoms with Crippen LogP contribution < -0.4 is 10.1 Å². The van der Waals surface area contributed by atoms with Crippen molar-refractivity contribution in [2.24, 2.45) is 0 Å². The average Bonchev–Trinajstić information content (AvgIpc) is 2.52. The molecule has 0 aliphatic carbocycles. The Kier molecular flexibility index (Phi) is 4.84. The zero-order chi connectivity index (χ0) is 15.2. The molecule has 110 valence electrons. The number of hydrogen-bond acceptors (Lipinski definition) is 4. The third-order valence-electron chi connectivity index (χ3n) is 2.93. The first-order chi connectivity index (χ1) is 10.1. The fourth-order valence-corrected chi connectivity index (χ4v) is 1.87. The highest BCUT2D eigenvalue weighted by Crippen LogP contribution is 2.17. The van der Waals surface area contributed by atoms with Gasteiger partial charge in [0.05, 0.1) is 13.2 Å². The summed E-state index contributed by atoms with van der Waals surface area (Å²) in [6, 6.07) is 9.03. The third kappa shape index (κ3) is 3.55. The van der Waals surface area contributed by atoms with Gasteiger partial charge in [0.1, 0.15) is 11.4 Å². The number of halogens is 1. The van der Waals surface area contributed by atoms with E-state index in [9.17, 15) is 14.3 Å². The Hall–Kier alpha value is -2.47. The summed E-state index contributed by atoms with van der Waals surface area (Å²) >= 11 is 0. The average molecular weight is 290 g/mol. The Labute approximate surface area is 121 Å². The summed E-state index contributed by atoms with van der Waals surface area (Å²) in [6.45, 7) is -0.113. The number of ether oxygens (including phenoxy) is 1. The molecule has 1 unspecified atom stereocenters. The van der Waals surface area contributed by atoms with E-state index >= 15 is 0 Å². The van der Waals surface area contributed by atoms with E-state index in [1.807, 2.05) is 0 Å². The van der Waals surface area contributed by atoms with Crippen LogP contribution in [-0.4, -0.2) is 29.7 Å². The van der Waals surface area contributed by atoms with E-state index < -0.39 is 17.8 Å². The van der Waals surface area contributed by atoms with Crippen LogP contribution in [0.15, 0.2) is 42.6 Å². The Balaban J connectivity index is 2.03. The Morgan fingerprint density at radius 2 is 2.14 bits per heavy atom. The van der Waals surface area contributed by atoms with Gasteiger partial charge in [0.15, 0.2) is 0 Å². The van der Waals surface area contributed by atoms with Crippen molar-refractivity contribution in [2.45, 2.75) is 6.10 Å². The van der Waals surface area contributed by atoms with Crippen LogP contribution in [0.3, 0.4) is 0 Å².